The molecule has 0 aliphatic carbocycles. The third-order valence-corrected chi connectivity index (χ3v) is 5.95. The largest absolute Gasteiger partial charge is 0.442 e. The van der Waals surface area contributed by atoms with Crippen LogP contribution in [0.2, 0.25) is 0 Å². The quantitative estimate of drug-likeness (QED) is 0.488. The number of primary sulfonamides is 1. The molecule has 178 valence electrons. The summed E-state index contributed by atoms with van der Waals surface area (Å²) in [6, 6.07) is 2.52. The first-order valence-electron chi connectivity index (χ1n) is 9.83. The minimum atomic E-state index is -3.95. The molecule has 1 aliphatic rings. The number of hydrogen-bond acceptors (Lipinski definition) is 9. The van der Waals surface area contributed by atoms with E-state index in [0.717, 1.165) is 19.3 Å². The number of furan rings is 1. The lowest BCUT2D eigenvalue weighted by Gasteiger charge is -2.26. The summed E-state index contributed by atoms with van der Waals surface area (Å²) < 4.78 is 35.0. The predicted molar refractivity (Wildman–Crippen MR) is 121 cm³/mol. The third-order valence-electron chi connectivity index (χ3n) is 5.13. The molecular formula is C19H23ClN6O6S. The van der Waals surface area contributed by atoms with E-state index in [2.05, 4.69) is 20.2 Å². The summed E-state index contributed by atoms with van der Waals surface area (Å²) in [7, 11) is -3.95. The molecule has 4 rings (SSSR count). The molecule has 12 nitrogen and oxygen atoms in total. The van der Waals surface area contributed by atoms with Crippen LogP contribution in [0.4, 0.5) is 5.69 Å². The van der Waals surface area contributed by atoms with E-state index >= 15 is 0 Å². The highest BCUT2D eigenvalue weighted by atomic mass is 35.5. The van der Waals surface area contributed by atoms with Crippen molar-refractivity contribution < 1.29 is 22.4 Å². The van der Waals surface area contributed by atoms with Gasteiger partial charge in [-0.25, -0.2) is 23.5 Å². The van der Waals surface area contributed by atoms with E-state index in [1.54, 1.807) is 6.92 Å². The highest BCUT2D eigenvalue weighted by Gasteiger charge is 2.23. The molecule has 33 heavy (non-hydrogen) atoms. The van der Waals surface area contributed by atoms with Crippen molar-refractivity contribution in [2.24, 2.45) is 5.14 Å². The minimum absolute atomic E-state index is 0. The average Bonchev–Trinajstić information content (AvgIpc) is 3.10. The number of nitrogens with one attached hydrogen (secondary N) is 1. The molecule has 3 aromatic rings. The van der Waals surface area contributed by atoms with Crippen molar-refractivity contribution in [2.75, 3.05) is 38.2 Å². The molecular weight excluding hydrogens is 476 g/mol. The predicted octanol–water partition coefficient (Wildman–Crippen LogP) is 0.347. The van der Waals surface area contributed by atoms with Crippen molar-refractivity contribution in [3.05, 3.63) is 46.3 Å². The number of morpholine rings is 1. The molecule has 4 heterocycles. The number of amides is 1. The zero-order chi connectivity index (χ0) is 22.9. The summed E-state index contributed by atoms with van der Waals surface area (Å²) in [6.07, 6.45) is 2.57. The first-order chi connectivity index (χ1) is 15.2. The van der Waals surface area contributed by atoms with E-state index in [4.69, 9.17) is 14.3 Å². The maximum atomic E-state index is 13.1. The Balaban J connectivity index is 0.00000306. The third kappa shape index (κ3) is 5.39. The Kier molecular flexibility index (Phi) is 7.49. The van der Waals surface area contributed by atoms with Gasteiger partial charge in [0.2, 0.25) is 5.71 Å². The molecule has 14 heteroatoms. The number of ether oxygens (including phenoxy) is 1. The van der Waals surface area contributed by atoms with E-state index in [9.17, 15) is 18.0 Å². The lowest BCUT2D eigenvalue weighted by atomic mass is 10.1. The second-order valence-electron chi connectivity index (χ2n) is 7.29. The van der Waals surface area contributed by atoms with Crippen LogP contribution in [0.5, 0.6) is 0 Å². The number of nitrogens with two attached hydrogens (primary N) is 1. The normalized spacial score (nSPS) is 14.7. The number of rotatable bonds is 6. The number of hydrogen-bond donors (Lipinski definition) is 2. The summed E-state index contributed by atoms with van der Waals surface area (Å²) >= 11 is 0. The topological polar surface area (TPSA) is 163 Å². The van der Waals surface area contributed by atoms with E-state index in [0.29, 0.717) is 26.3 Å². The minimum Gasteiger partial charge on any atom is -0.442 e. The molecule has 0 saturated carbocycles. The van der Waals surface area contributed by atoms with Gasteiger partial charge in [-0.3, -0.25) is 19.1 Å². The SMILES string of the molecule is Cc1oc2ncn(CCN3CCOCC3)c(=O)c2c1C(=O)Nc1ccc(S(N)(=O)=O)nc1.Cl. The van der Waals surface area contributed by atoms with Gasteiger partial charge in [-0.1, -0.05) is 0 Å². The second-order valence-corrected chi connectivity index (χ2v) is 8.80. The first kappa shape index (κ1) is 24.8. The van der Waals surface area contributed by atoms with Crippen molar-refractivity contribution in [3.63, 3.8) is 0 Å². The fraction of sp³-hybridized carbons (Fsp3) is 0.368. The molecule has 1 amide bonds. The van der Waals surface area contributed by atoms with Crippen molar-refractivity contribution in [2.45, 2.75) is 18.5 Å². The van der Waals surface area contributed by atoms with E-state index in [-0.39, 0.29) is 51.1 Å². The number of fused-ring (bicyclic) bond motifs is 1. The van der Waals surface area contributed by atoms with Crippen LogP contribution in [0.3, 0.4) is 0 Å². The summed E-state index contributed by atoms with van der Waals surface area (Å²) in [4.78, 5) is 36.1. The maximum Gasteiger partial charge on any atom is 0.265 e. The molecule has 1 aliphatic heterocycles. The number of aromatic nitrogens is 3. The number of halogens is 1. The van der Waals surface area contributed by atoms with Gasteiger partial charge in [0.05, 0.1) is 30.7 Å². The van der Waals surface area contributed by atoms with Gasteiger partial charge in [0, 0.05) is 26.2 Å². The molecule has 0 unspecified atom stereocenters. The van der Waals surface area contributed by atoms with Crippen LogP contribution < -0.4 is 16.0 Å². The number of aryl methyl sites for hydroxylation is 1. The Hall–Kier alpha value is -2.84. The standard InChI is InChI=1S/C19H22N6O6S.ClH/c1-12-15(17(26)23-13-2-3-14(21-10-13)32(20,28)29)16-18(31-12)22-11-25(19(16)27)5-4-24-6-8-30-9-7-24;/h2-3,10-11H,4-9H2,1H3,(H,23,26)(H2,20,28,29);1H. The number of carbonyl (C=O) groups excluding carboxylic acids is 1. The maximum absolute atomic E-state index is 13.1. The molecule has 0 spiro atoms. The summed E-state index contributed by atoms with van der Waals surface area (Å²) in [5.74, 6) is -0.363. The van der Waals surface area contributed by atoms with Crippen LogP contribution in [-0.4, -0.2) is 66.6 Å². The summed E-state index contributed by atoms with van der Waals surface area (Å²) in [6.45, 7) is 5.52. The van der Waals surface area contributed by atoms with Crippen molar-refractivity contribution >= 4 is 45.1 Å². The van der Waals surface area contributed by atoms with Gasteiger partial charge >= 0.3 is 0 Å². The van der Waals surface area contributed by atoms with Gasteiger partial charge < -0.3 is 14.5 Å². The molecule has 0 atom stereocenters. The molecule has 1 saturated heterocycles. The average molecular weight is 499 g/mol. The van der Waals surface area contributed by atoms with E-state index in [1.165, 1.54) is 23.0 Å². The smallest absolute Gasteiger partial charge is 0.265 e. The summed E-state index contributed by atoms with van der Waals surface area (Å²) in [5.41, 5.74) is -0.0163. The molecule has 3 N–H and O–H groups in total. The Bertz CT molecular complexity index is 1320. The van der Waals surface area contributed by atoms with Crippen molar-refractivity contribution in [3.8, 4) is 0 Å². The first-order valence-corrected chi connectivity index (χ1v) is 11.4. The highest BCUT2D eigenvalue weighted by Crippen LogP contribution is 2.22. The van der Waals surface area contributed by atoms with Gasteiger partial charge in [0.25, 0.3) is 21.5 Å². The number of sulfonamides is 1. The van der Waals surface area contributed by atoms with Crippen LogP contribution in [0.15, 0.2) is 38.9 Å². The van der Waals surface area contributed by atoms with Gasteiger partial charge in [-0.15, -0.1) is 12.4 Å². The molecule has 0 bridgehead atoms. The highest BCUT2D eigenvalue weighted by molar-refractivity contribution is 7.89. The second kappa shape index (κ2) is 9.97. The van der Waals surface area contributed by atoms with Crippen LogP contribution in [0.1, 0.15) is 16.1 Å². The van der Waals surface area contributed by atoms with Gasteiger partial charge in [-0.05, 0) is 19.1 Å². The number of carbonyl (C=O) groups is 1. The van der Waals surface area contributed by atoms with E-state index < -0.39 is 15.9 Å². The Morgan fingerprint density at radius 1 is 1.21 bits per heavy atom. The van der Waals surface area contributed by atoms with Crippen LogP contribution in [0, 0.1) is 6.92 Å². The Morgan fingerprint density at radius 2 is 1.94 bits per heavy atom. The van der Waals surface area contributed by atoms with Gasteiger partial charge in [0.15, 0.2) is 5.03 Å². The van der Waals surface area contributed by atoms with Crippen LogP contribution >= 0.6 is 12.4 Å². The molecule has 3 aromatic heterocycles. The van der Waals surface area contributed by atoms with Crippen molar-refractivity contribution in [1.82, 2.24) is 19.4 Å². The molecule has 0 radical (unpaired) electrons. The lowest BCUT2D eigenvalue weighted by Crippen LogP contribution is -2.39. The van der Waals surface area contributed by atoms with Crippen LogP contribution in [-0.2, 0) is 21.3 Å². The van der Waals surface area contributed by atoms with Crippen molar-refractivity contribution in [1.29, 1.82) is 0 Å². The summed E-state index contributed by atoms with van der Waals surface area (Å²) in [5, 5.41) is 7.37. The molecule has 0 aromatic carbocycles. The Morgan fingerprint density at radius 3 is 2.58 bits per heavy atom. The number of pyridine rings is 1. The monoisotopic (exact) mass is 498 g/mol. The Labute approximate surface area is 195 Å². The van der Waals surface area contributed by atoms with Crippen LogP contribution in [0.25, 0.3) is 11.1 Å². The van der Waals surface area contributed by atoms with Gasteiger partial charge in [-0.2, -0.15) is 0 Å². The molecule has 1 fully saturated rings. The zero-order valence-corrected chi connectivity index (χ0v) is 19.3. The number of anilines is 1. The van der Waals surface area contributed by atoms with E-state index in [1.807, 2.05) is 0 Å². The number of nitrogens with zero attached hydrogens (tertiary/aromatic N) is 4. The lowest BCUT2D eigenvalue weighted by molar-refractivity contribution is 0.0362. The van der Waals surface area contributed by atoms with Gasteiger partial charge in [0.1, 0.15) is 17.5 Å². The fourth-order valence-corrected chi connectivity index (χ4v) is 3.92. The zero-order valence-electron chi connectivity index (χ0n) is 17.7. The fourth-order valence-electron chi connectivity index (χ4n) is 3.46.